The molecule has 1 aliphatic rings. The molecule has 1 fully saturated rings. The van der Waals surface area contributed by atoms with E-state index in [0.717, 1.165) is 5.56 Å². The number of ether oxygens (including phenoxy) is 1. The first kappa shape index (κ1) is 11.2. The molecule has 0 saturated heterocycles. The van der Waals surface area contributed by atoms with Crippen molar-refractivity contribution in [3.8, 4) is 17.0 Å². The van der Waals surface area contributed by atoms with Gasteiger partial charge in [0.1, 0.15) is 5.69 Å². The highest BCUT2D eigenvalue weighted by Crippen LogP contribution is 2.49. The Balaban J connectivity index is 1.77. The molecule has 1 aliphatic carbocycles. The fourth-order valence-corrected chi connectivity index (χ4v) is 1.92. The summed E-state index contributed by atoms with van der Waals surface area (Å²) in [4.78, 5) is 0. The van der Waals surface area contributed by atoms with E-state index in [1.54, 1.807) is 25.7 Å². The van der Waals surface area contributed by atoms with Crippen molar-refractivity contribution in [1.82, 2.24) is 20.0 Å². The lowest BCUT2D eigenvalue weighted by atomic mass is 10.2. The maximum absolute atomic E-state index is 12.8. The molecule has 1 N–H and O–H groups in total. The minimum absolute atomic E-state index is 0.0461. The maximum atomic E-state index is 12.8. The van der Waals surface area contributed by atoms with Crippen LogP contribution in [0.3, 0.4) is 0 Å². The minimum Gasteiger partial charge on any atom is -0.493 e. The first-order valence-corrected chi connectivity index (χ1v) is 5.58. The Labute approximate surface area is 102 Å². The summed E-state index contributed by atoms with van der Waals surface area (Å²) < 4.78 is 32.3. The minimum atomic E-state index is -2.52. The van der Waals surface area contributed by atoms with Crippen LogP contribution in [0.15, 0.2) is 18.6 Å². The summed E-state index contributed by atoms with van der Waals surface area (Å²) in [5.41, 5.74) is 1.47. The topological polar surface area (TPSA) is 55.7 Å². The molecule has 0 spiro atoms. The van der Waals surface area contributed by atoms with E-state index in [-0.39, 0.29) is 13.0 Å². The fraction of sp³-hybridized carbons (Fsp3) is 0.455. The van der Waals surface area contributed by atoms with E-state index in [2.05, 4.69) is 15.3 Å². The monoisotopic (exact) mass is 254 g/mol. The van der Waals surface area contributed by atoms with Crippen molar-refractivity contribution in [3.05, 3.63) is 18.6 Å². The number of methoxy groups -OCH3 is 1. The number of aromatic nitrogens is 4. The van der Waals surface area contributed by atoms with Gasteiger partial charge in [0, 0.05) is 30.6 Å². The van der Waals surface area contributed by atoms with E-state index in [1.807, 2.05) is 0 Å². The Morgan fingerprint density at radius 2 is 2.33 bits per heavy atom. The number of rotatable bonds is 4. The highest BCUT2D eigenvalue weighted by atomic mass is 19.3. The summed E-state index contributed by atoms with van der Waals surface area (Å²) in [6, 6.07) is 0. The molecular weight excluding hydrogens is 242 g/mol. The second kappa shape index (κ2) is 3.79. The van der Waals surface area contributed by atoms with Gasteiger partial charge in [-0.1, -0.05) is 0 Å². The molecule has 1 saturated carbocycles. The molecular formula is C11H12F2N4O. The highest BCUT2D eigenvalue weighted by Gasteiger charge is 2.56. The van der Waals surface area contributed by atoms with Gasteiger partial charge < -0.3 is 4.74 Å². The zero-order chi connectivity index (χ0) is 12.8. The van der Waals surface area contributed by atoms with Crippen LogP contribution in [-0.2, 0) is 6.54 Å². The Bertz CT molecular complexity index is 563. The van der Waals surface area contributed by atoms with E-state index >= 15 is 0 Å². The fourth-order valence-electron chi connectivity index (χ4n) is 1.92. The van der Waals surface area contributed by atoms with E-state index < -0.39 is 11.8 Å². The van der Waals surface area contributed by atoms with Crippen molar-refractivity contribution in [2.45, 2.75) is 18.9 Å². The predicted octanol–water partition coefficient (Wildman–Crippen LogP) is 1.94. The molecule has 0 radical (unpaired) electrons. The number of hydrogen-bond acceptors (Lipinski definition) is 3. The second-order valence-electron chi connectivity index (χ2n) is 4.43. The molecule has 2 heterocycles. The number of hydrogen-bond donors (Lipinski definition) is 1. The average molecular weight is 254 g/mol. The van der Waals surface area contributed by atoms with E-state index in [1.165, 1.54) is 4.68 Å². The van der Waals surface area contributed by atoms with Gasteiger partial charge in [0.2, 0.25) is 0 Å². The molecule has 18 heavy (non-hydrogen) atoms. The summed E-state index contributed by atoms with van der Waals surface area (Å²) in [6.07, 6.45) is 4.83. The van der Waals surface area contributed by atoms with Crippen molar-refractivity contribution in [2.24, 2.45) is 5.92 Å². The van der Waals surface area contributed by atoms with Crippen molar-refractivity contribution >= 4 is 0 Å². The van der Waals surface area contributed by atoms with Crippen LogP contribution in [0, 0.1) is 5.92 Å². The molecule has 96 valence electrons. The van der Waals surface area contributed by atoms with Crippen LogP contribution in [0.4, 0.5) is 8.78 Å². The van der Waals surface area contributed by atoms with E-state index in [4.69, 9.17) is 4.74 Å². The van der Waals surface area contributed by atoms with Gasteiger partial charge in [-0.15, -0.1) is 0 Å². The average Bonchev–Trinajstić information content (AvgIpc) is 2.80. The van der Waals surface area contributed by atoms with Gasteiger partial charge >= 0.3 is 0 Å². The van der Waals surface area contributed by atoms with Crippen molar-refractivity contribution < 1.29 is 13.5 Å². The summed E-state index contributed by atoms with van der Waals surface area (Å²) >= 11 is 0. The standard InChI is InChI=1S/C11H12F2N4O/c1-18-9-4-14-16-10(9)7-3-15-17(5-7)6-8-2-11(8,12)13/h3-5,8H,2,6H2,1H3,(H,14,16). The summed E-state index contributed by atoms with van der Waals surface area (Å²) in [5, 5.41) is 10.7. The highest BCUT2D eigenvalue weighted by molar-refractivity contribution is 5.63. The number of H-pyrrole nitrogens is 1. The number of halogens is 2. The van der Waals surface area contributed by atoms with Crippen LogP contribution in [0.25, 0.3) is 11.3 Å². The maximum Gasteiger partial charge on any atom is 0.253 e. The third-order valence-electron chi connectivity index (χ3n) is 3.11. The second-order valence-corrected chi connectivity index (χ2v) is 4.43. The zero-order valence-corrected chi connectivity index (χ0v) is 9.73. The Morgan fingerprint density at radius 1 is 1.56 bits per heavy atom. The van der Waals surface area contributed by atoms with E-state index in [0.29, 0.717) is 11.4 Å². The molecule has 0 aromatic carbocycles. The van der Waals surface area contributed by atoms with Crippen molar-refractivity contribution in [1.29, 1.82) is 0 Å². The lowest BCUT2D eigenvalue weighted by molar-refractivity contribution is 0.0942. The molecule has 1 unspecified atom stereocenters. The van der Waals surface area contributed by atoms with Gasteiger partial charge in [0.05, 0.1) is 19.5 Å². The molecule has 0 bridgehead atoms. The normalized spacial score (nSPS) is 20.9. The summed E-state index contributed by atoms with van der Waals surface area (Å²) in [6.45, 7) is 0.240. The Hall–Kier alpha value is -1.92. The number of alkyl halides is 2. The van der Waals surface area contributed by atoms with Crippen LogP contribution in [0.5, 0.6) is 5.75 Å². The predicted molar refractivity (Wildman–Crippen MR) is 59.4 cm³/mol. The SMILES string of the molecule is COc1cn[nH]c1-c1cnn(CC2CC2(F)F)c1. The summed E-state index contributed by atoms with van der Waals surface area (Å²) in [7, 11) is 1.55. The lowest BCUT2D eigenvalue weighted by Crippen LogP contribution is -2.05. The molecule has 2 aromatic rings. The van der Waals surface area contributed by atoms with Gasteiger partial charge in [-0.2, -0.15) is 10.2 Å². The molecule has 1 atom stereocenters. The van der Waals surface area contributed by atoms with E-state index in [9.17, 15) is 8.78 Å². The van der Waals surface area contributed by atoms with Crippen LogP contribution < -0.4 is 4.74 Å². The lowest BCUT2D eigenvalue weighted by Gasteiger charge is -1.99. The van der Waals surface area contributed by atoms with Crippen LogP contribution >= 0.6 is 0 Å². The smallest absolute Gasteiger partial charge is 0.253 e. The Kier molecular flexibility index (Phi) is 2.36. The number of nitrogens with one attached hydrogen (secondary N) is 1. The van der Waals surface area contributed by atoms with Crippen LogP contribution in [-0.4, -0.2) is 33.0 Å². The molecule has 5 nitrogen and oxygen atoms in total. The first-order valence-electron chi connectivity index (χ1n) is 5.58. The molecule has 0 amide bonds. The number of aromatic amines is 1. The Morgan fingerprint density at radius 3 is 3.00 bits per heavy atom. The number of nitrogens with zero attached hydrogens (tertiary/aromatic N) is 3. The van der Waals surface area contributed by atoms with Crippen molar-refractivity contribution in [2.75, 3.05) is 7.11 Å². The van der Waals surface area contributed by atoms with Gasteiger partial charge in [-0.3, -0.25) is 9.78 Å². The van der Waals surface area contributed by atoms with Crippen molar-refractivity contribution in [3.63, 3.8) is 0 Å². The largest absolute Gasteiger partial charge is 0.493 e. The summed E-state index contributed by atoms with van der Waals surface area (Å²) in [5.74, 6) is -2.50. The molecule has 2 aromatic heterocycles. The van der Waals surface area contributed by atoms with Gasteiger partial charge in [0.25, 0.3) is 5.92 Å². The van der Waals surface area contributed by atoms with Gasteiger partial charge in [-0.05, 0) is 0 Å². The zero-order valence-electron chi connectivity index (χ0n) is 9.73. The molecule has 3 rings (SSSR count). The van der Waals surface area contributed by atoms with Crippen LogP contribution in [0.2, 0.25) is 0 Å². The third kappa shape index (κ3) is 1.85. The molecule has 0 aliphatic heterocycles. The third-order valence-corrected chi connectivity index (χ3v) is 3.11. The van der Waals surface area contributed by atoms with Crippen LogP contribution in [0.1, 0.15) is 6.42 Å². The first-order chi connectivity index (χ1) is 8.60. The van der Waals surface area contributed by atoms with Gasteiger partial charge in [-0.25, -0.2) is 8.78 Å². The molecule has 7 heteroatoms. The van der Waals surface area contributed by atoms with Gasteiger partial charge in [0.15, 0.2) is 5.75 Å². The quantitative estimate of drug-likeness (QED) is 0.907.